The van der Waals surface area contributed by atoms with Gasteiger partial charge in [0.25, 0.3) is 0 Å². The number of carbonyl (C=O) groups excluding carboxylic acids is 4. The quantitative estimate of drug-likeness (QED) is 0.0222. The highest BCUT2D eigenvalue weighted by Gasteiger charge is 2.30. The molecule has 0 fully saturated rings. The molecule has 3 N–H and O–H groups in total. The fourth-order valence-corrected chi connectivity index (χ4v) is 12.5. The first-order valence-electron chi connectivity index (χ1n) is 37.5. The van der Waals surface area contributed by atoms with Gasteiger partial charge in [-0.05, 0) is 37.5 Å². The van der Waals surface area contributed by atoms with Crippen molar-refractivity contribution < 1.29 is 80.2 Å². The molecule has 0 saturated heterocycles. The van der Waals surface area contributed by atoms with Crippen LogP contribution in [0.4, 0.5) is 0 Å². The highest BCUT2D eigenvalue weighted by atomic mass is 31.2. The van der Waals surface area contributed by atoms with Gasteiger partial charge in [-0.3, -0.25) is 37.3 Å². The molecule has 0 rings (SSSR count). The largest absolute Gasteiger partial charge is 0.472 e. The summed E-state index contributed by atoms with van der Waals surface area (Å²) in [6.07, 6.45) is 50.1. The number of phosphoric ester groups is 2. The second-order valence-electron chi connectivity index (χ2n) is 26.9. The predicted octanol–water partition coefficient (Wildman–Crippen LogP) is 20.8. The number of hydrogen-bond acceptors (Lipinski definition) is 15. The van der Waals surface area contributed by atoms with E-state index in [4.69, 9.17) is 37.0 Å². The van der Waals surface area contributed by atoms with Gasteiger partial charge in [0.05, 0.1) is 26.4 Å². The minimum atomic E-state index is -4.95. The fourth-order valence-electron chi connectivity index (χ4n) is 10.9. The average molecular weight is 1340 g/mol. The van der Waals surface area contributed by atoms with Gasteiger partial charge in [-0.25, -0.2) is 9.13 Å². The van der Waals surface area contributed by atoms with Crippen molar-refractivity contribution in [3.63, 3.8) is 0 Å². The number of hydrogen-bond donors (Lipinski definition) is 3. The van der Waals surface area contributed by atoms with Crippen molar-refractivity contribution in [2.24, 2.45) is 11.8 Å². The van der Waals surface area contributed by atoms with Gasteiger partial charge in [0.2, 0.25) is 0 Å². The maximum Gasteiger partial charge on any atom is 0.472 e. The van der Waals surface area contributed by atoms with Crippen molar-refractivity contribution in [1.29, 1.82) is 0 Å². The summed E-state index contributed by atoms with van der Waals surface area (Å²) in [7, 11) is -9.90. The number of aliphatic hydroxyl groups excluding tert-OH is 1. The van der Waals surface area contributed by atoms with E-state index in [0.29, 0.717) is 25.7 Å². The van der Waals surface area contributed by atoms with E-state index in [1.807, 2.05) is 0 Å². The van der Waals surface area contributed by atoms with Crippen LogP contribution in [0.25, 0.3) is 0 Å². The monoisotopic (exact) mass is 1340 g/mol. The fraction of sp³-hybridized carbons (Fsp3) is 0.944. The van der Waals surface area contributed by atoms with Crippen molar-refractivity contribution in [2.45, 2.75) is 387 Å². The van der Waals surface area contributed by atoms with Gasteiger partial charge in [-0.15, -0.1) is 0 Å². The molecule has 17 nitrogen and oxygen atoms in total. The first kappa shape index (κ1) is 89.1. The number of rotatable bonds is 71. The Kier molecular flexibility index (Phi) is 62.7. The van der Waals surface area contributed by atoms with Crippen molar-refractivity contribution in [1.82, 2.24) is 0 Å². The molecule has 5 atom stereocenters. The topological polar surface area (TPSA) is 237 Å². The molecule has 0 radical (unpaired) electrons. The van der Waals surface area contributed by atoms with Gasteiger partial charge in [0, 0.05) is 25.7 Å². The molecule has 0 bridgehead atoms. The van der Waals surface area contributed by atoms with Crippen LogP contribution in [0.2, 0.25) is 0 Å². The van der Waals surface area contributed by atoms with E-state index >= 15 is 0 Å². The molecule has 0 aliphatic rings. The van der Waals surface area contributed by atoms with Crippen LogP contribution in [0.5, 0.6) is 0 Å². The lowest BCUT2D eigenvalue weighted by atomic mass is 10.0. The zero-order valence-electron chi connectivity index (χ0n) is 59.1. The first-order valence-corrected chi connectivity index (χ1v) is 40.5. The van der Waals surface area contributed by atoms with Crippen molar-refractivity contribution in [3.8, 4) is 0 Å². The van der Waals surface area contributed by atoms with E-state index in [2.05, 4.69) is 41.5 Å². The Morgan fingerprint density at radius 1 is 0.297 bits per heavy atom. The Bertz CT molecular complexity index is 1770. The zero-order chi connectivity index (χ0) is 67.2. The summed E-state index contributed by atoms with van der Waals surface area (Å²) in [4.78, 5) is 72.5. The highest BCUT2D eigenvalue weighted by Crippen LogP contribution is 2.45. The number of esters is 4. The van der Waals surface area contributed by atoms with Gasteiger partial charge in [-0.1, -0.05) is 318 Å². The molecule has 0 spiro atoms. The van der Waals surface area contributed by atoms with Gasteiger partial charge in [0.15, 0.2) is 12.2 Å². The number of aliphatic hydroxyl groups is 1. The molecule has 0 amide bonds. The van der Waals surface area contributed by atoms with E-state index < -0.39 is 97.5 Å². The molecule has 540 valence electrons. The van der Waals surface area contributed by atoms with Crippen molar-refractivity contribution >= 4 is 39.5 Å². The number of carbonyl (C=O) groups is 4. The minimum Gasteiger partial charge on any atom is -0.462 e. The summed E-state index contributed by atoms with van der Waals surface area (Å²) < 4.78 is 68.3. The van der Waals surface area contributed by atoms with Crippen LogP contribution in [0.3, 0.4) is 0 Å². The molecule has 0 aliphatic carbocycles. The summed E-state index contributed by atoms with van der Waals surface area (Å²) in [6.45, 7) is 9.51. The van der Waals surface area contributed by atoms with Crippen LogP contribution in [0.15, 0.2) is 0 Å². The third kappa shape index (κ3) is 66.5. The first-order chi connectivity index (χ1) is 43.9. The summed E-state index contributed by atoms with van der Waals surface area (Å²) in [5.41, 5.74) is 0. The summed E-state index contributed by atoms with van der Waals surface area (Å²) in [5, 5.41) is 10.6. The van der Waals surface area contributed by atoms with Gasteiger partial charge < -0.3 is 33.8 Å². The molecular formula is C72H140O17P2. The van der Waals surface area contributed by atoms with Gasteiger partial charge >= 0.3 is 39.5 Å². The summed E-state index contributed by atoms with van der Waals surface area (Å²) in [6, 6.07) is 0. The average Bonchev–Trinajstić information content (AvgIpc) is 3.36. The maximum atomic E-state index is 13.0. The Labute approximate surface area is 556 Å². The predicted molar refractivity (Wildman–Crippen MR) is 368 cm³/mol. The molecular weight excluding hydrogens is 1200 g/mol. The molecule has 91 heavy (non-hydrogen) atoms. The third-order valence-electron chi connectivity index (χ3n) is 16.7. The highest BCUT2D eigenvalue weighted by molar-refractivity contribution is 7.47. The van der Waals surface area contributed by atoms with Crippen LogP contribution in [0, 0.1) is 11.8 Å². The second-order valence-corrected chi connectivity index (χ2v) is 29.8. The zero-order valence-corrected chi connectivity index (χ0v) is 60.9. The van der Waals surface area contributed by atoms with E-state index in [-0.39, 0.29) is 25.7 Å². The molecule has 2 unspecified atom stereocenters. The SMILES string of the molecule is CCCCCCCCCCCCCCCCCCCCC(=O)O[C@H](COC(=O)CCCCCCCCCCCCC(C)C)COP(=O)(O)OC[C@@H](O)COP(=O)(O)OC[C@@H](COC(=O)CCCCCCCCC)OC(=O)CCCCCCCCCCCCC(C)C. The van der Waals surface area contributed by atoms with Crippen molar-refractivity contribution in [3.05, 3.63) is 0 Å². The Hall–Kier alpha value is -1.94. The van der Waals surface area contributed by atoms with E-state index in [0.717, 1.165) is 115 Å². The smallest absolute Gasteiger partial charge is 0.462 e. The molecule has 0 aliphatic heterocycles. The Morgan fingerprint density at radius 2 is 0.505 bits per heavy atom. The van der Waals surface area contributed by atoms with Crippen molar-refractivity contribution in [2.75, 3.05) is 39.6 Å². The third-order valence-corrected chi connectivity index (χ3v) is 18.6. The van der Waals surface area contributed by atoms with Crippen LogP contribution in [-0.2, 0) is 65.4 Å². The number of phosphoric acid groups is 2. The summed E-state index contributed by atoms with van der Waals surface area (Å²) >= 11 is 0. The maximum absolute atomic E-state index is 13.0. The van der Waals surface area contributed by atoms with Gasteiger partial charge in [-0.2, -0.15) is 0 Å². The lowest BCUT2D eigenvalue weighted by Gasteiger charge is -2.21. The van der Waals surface area contributed by atoms with E-state index in [1.54, 1.807) is 0 Å². The molecule has 0 aromatic heterocycles. The van der Waals surface area contributed by atoms with Crippen LogP contribution in [0.1, 0.15) is 369 Å². The minimum absolute atomic E-state index is 0.106. The molecule has 0 aromatic rings. The second kappa shape index (κ2) is 64.1. The summed E-state index contributed by atoms with van der Waals surface area (Å²) in [5.74, 6) is -0.615. The molecule has 19 heteroatoms. The lowest BCUT2D eigenvalue weighted by Crippen LogP contribution is -2.30. The molecule has 0 saturated carbocycles. The normalized spacial score (nSPS) is 14.1. The standard InChI is InChI=1S/C72H140O17P2/c1-7-9-11-13-15-16-17-18-19-20-21-22-23-24-32-38-44-50-56-71(76)89-68(61-83-70(75)55-49-43-37-31-27-25-29-35-40-46-52-64(3)4)63-87-91(80,81)85-59-66(73)58-84-90(78,79)86-62-67(60-82-69(74)54-48-42-34-14-12-10-8-2)88-72(77)57-51-45-39-33-28-26-30-36-41-47-53-65(5)6/h64-68,73H,7-63H2,1-6H3,(H,78,79)(H,80,81)/t66-,67+,68+/m0/s1. The van der Waals surface area contributed by atoms with Gasteiger partial charge in [0.1, 0.15) is 19.3 Å². The van der Waals surface area contributed by atoms with E-state index in [1.165, 1.54) is 173 Å². The van der Waals surface area contributed by atoms with Crippen LogP contribution < -0.4 is 0 Å². The van der Waals surface area contributed by atoms with Crippen LogP contribution >= 0.6 is 15.6 Å². The van der Waals surface area contributed by atoms with E-state index in [9.17, 15) is 43.2 Å². The Morgan fingerprint density at radius 3 is 0.747 bits per heavy atom. The van der Waals surface area contributed by atoms with Crippen LogP contribution in [-0.4, -0.2) is 96.7 Å². The number of ether oxygens (including phenoxy) is 4. The lowest BCUT2D eigenvalue weighted by molar-refractivity contribution is -0.161. The Balaban J connectivity index is 5.19. The molecule has 0 heterocycles. The number of unbranched alkanes of at least 4 members (excludes halogenated alkanes) is 41. The molecule has 0 aromatic carbocycles.